The summed E-state index contributed by atoms with van der Waals surface area (Å²) in [6.45, 7) is 4.95. The molecular formula is C16H19ClFN3O. The molecule has 1 saturated heterocycles. The van der Waals surface area contributed by atoms with Crippen LogP contribution in [0, 0.1) is 17.1 Å². The van der Waals surface area contributed by atoms with Crippen LogP contribution < -0.4 is 5.32 Å². The summed E-state index contributed by atoms with van der Waals surface area (Å²) in [5, 5.41) is 11.6. The van der Waals surface area contributed by atoms with E-state index in [2.05, 4.69) is 24.1 Å². The van der Waals surface area contributed by atoms with Gasteiger partial charge in [-0.3, -0.25) is 9.69 Å². The molecule has 0 spiro atoms. The molecule has 2 rings (SSSR count). The lowest BCUT2D eigenvalue weighted by atomic mass is 9.99. The van der Waals surface area contributed by atoms with Crippen LogP contribution in [-0.2, 0) is 4.79 Å². The zero-order valence-electron chi connectivity index (χ0n) is 12.6. The molecule has 1 aliphatic rings. The Bertz CT molecular complexity index is 600. The number of nitrogens with zero attached hydrogens (tertiary/aromatic N) is 2. The molecule has 2 unspecified atom stereocenters. The second-order valence-electron chi connectivity index (χ2n) is 5.75. The highest BCUT2D eigenvalue weighted by Gasteiger charge is 2.37. The fourth-order valence-corrected chi connectivity index (χ4v) is 3.11. The molecule has 1 aliphatic heterocycles. The van der Waals surface area contributed by atoms with Gasteiger partial charge >= 0.3 is 0 Å². The Hall–Kier alpha value is -1.64. The van der Waals surface area contributed by atoms with Crippen molar-refractivity contribution in [3.05, 3.63) is 34.6 Å². The molecule has 2 atom stereocenters. The van der Waals surface area contributed by atoms with Crippen LogP contribution in [0.1, 0.15) is 38.3 Å². The lowest BCUT2D eigenvalue weighted by Gasteiger charge is -2.32. The first-order valence-electron chi connectivity index (χ1n) is 7.31. The van der Waals surface area contributed by atoms with Crippen LogP contribution in [0.15, 0.2) is 18.2 Å². The average molecular weight is 324 g/mol. The van der Waals surface area contributed by atoms with Gasteiger partial charge in [-0.2, -0.15) is 5.26 Å². The molecule has 1 fully saturated rings. The molecular weight excluding hydrogens is 305 g/mol. The van der Waals surface area contributed by atoms with Gasteiger partial charge in [0.05, 0.1) is 17.1 Å². The third kappa shape index (κ3) is 3.57. The van der Waals surface area contributed by atoms with Crippen molar-refractivity contribution >= 4 is 17.5 Å². The lowest BCUT2D eigenvalue weighted by molar-refractivity contribution is -0.121. The van der Waals surface area contributed by atoms with E-state index in [9.17, 15) is 9.18 Å². The van der Waals surface area contributed by atoms with Gasteiger partial charge in [-0.25, -0.2) is 4.39 Å². The number of rotatable bonds is 4. The van der Waals surface area contributed by atoms with Crippen molar-refractivity contribution in [1.82, 2.24) is 10.2 Å². The number of amides is 1. The third-order valence-electron chi connectivity index (χ3n) is 3.97. The SMILES string of the molecule is CC(C)N1CCC(NC(=O)CC#N)C1c1ccc(Cl)c(F)c1. The second-order valence-corrected chi connectivity index (χ2v) is 6.15. The molecule has 1 N–H and O–H groups in total. The molecule has 22 heavy (non-hydrogen) atoms. The van der Waals surface area contributed by atoms with Gasteiger partial charge in [0.25, 0.3) is 0 Å². The summed E-state index contributed by atoms with van der Waals surface area (Å²) in [6, 6.07) is 6.62. The molecule has 6 heteroatoms. The predicted molar refractivity (Wildman–Crippen MR) is 82.8 cm³/mol. The standard InChI is InChI=1S/C16H19ClFN3O/c1-10(2)21-8-6-14(20-15(22)5-7-19)16(21)11-3-4-12(17)13(18)9-11/h3-4,9-10,14,16H,5-6,8H2,1-2H3,(H,20,22). The van der Waals surface area contributed by atoms with E-state index in [0.717, 1.165) is 18.5 Å². The van der Waals surface area contributed by atoms with Crippen LogP contribution in [0.4, 0.5) is 4.39 Å². The minimum atomic E-state index is -0.461. The van der Waals surface area contributed by atoms with Gasteiger partial charge in [0.1, 0.15) is 12.2 Å². The molecule has 0 bridgehead atoms. The van der Waals surface area contributed by atoms with Crippen molar-refractivity contribution in [2.24, 2.45) is 0 Å². The number of nitrogens with one attached hydrogen (secondary N) is 1. The summed E-state index contributed by atoms with van der Waals surface area (Å²) in [5.41, 5.74) is 0.787. The summed E-state index contributed by atoms with van der Waals surface area (Å²) in [4.78, 5) is 13.9. The van der Waals surface area contributed by atoms with Crippen LogP contribution >= 0.6 is 11.6 Å². The number of hydrogen-bond acceptors (Lipinski definition) is 3. The first-order valence-corrected chi connectivity index (χ1v) is 7.69. The number of halogens is 2. The lowest BCUT2D eigenvalue weighted by Crippen LogP contribution is -2.41. The maximum atomic E-state index is 13.8. The minimum absolute atomic E-state index is 0.0860. The van der Waals surface area contributed by atoms with Crippen molar-refractivity contribution in [2.45, 2.75) is 44.8 Å². The Morgan fingerprint density at radius 2 is 2.32 bits per heavy atom. The molecule has 0 aliphatic carbocycles. The average Bonchev–Trinajstić information content (AvgIpc) is 2.86. The first-order chi connectivity index (χ1) is 10.4. The van der Waals surface area contributed by atoms with E-state index in [-0.39, 0.29) is 35.5 Å². The highest BCUT2D eigenvalue weighted by Crippen LogP contribution is 2.35. The van der Waals surface area contributed by atoms with E-state index < -0.39 is 5.82 Å². The van der Waals surface area contributed by atoms with Gasteiger partial charge < -0.3 is 5.32 Å². The van der Waals surface area contributed by atoms with Gasteiger partial charge in [-0.15, -0.1) is 0 Å². The Balaban J connectivity index is 2.28. The van der Waals surface area contributed by atoms with Crippen LogP contribution in [0.25, 0.3) is 0 Å². The van der Waals surface area contributed by atoms with Gasteiger partial charge in [-0.05, 0) is 38.0 Å². The van der Waals surface area contributed by atoms with Crippen LogP contribution in [0.2, 0.25) is 5.02 Å². The Kier molecular flexibility index (Phi) is 5.38. The number of hydrogen-bond donors (Lipinski definition) is 1. The van der Waals surface area contributed by atoms with E-state index in [4.69, 9.17) is 16.9 Å². The van der Waals surface area contributed by atoms with Gasteiger partial charge in [0.2, 0.25) is 5.91 Å². The molecule has 118 valence electrons. The molecule has 4 nitrogen and oxygen atoms in total. The zero-order valence-corrected chi connectivity index (χ0v) is 13.4. The van der Waals surface area contributed by atoms with Crippen molar-refractivity contribution in [3.8, 4) is 6.07 Å². The highest BCUT2D eigenvalue weighted by atomic mass is 35.5. The van der Waals surface area contributed by atoms with Crippen LogP contribution in [0.3, 0.4) is 0 Å². The molecule has 1 aromatic carbocycles. The number of likely N-dealkylation sites (tertiary alicyclic amines) is 1. The van der Waals surface area contributed by atoms with Gasteiger partial charge in [0.15, 0.2) is 0 Å². The molecule has 0 radical (unpaired) electrons. The Morgan fingerprint density at radius 1 is 1.59 bits per heavy atom. The van der Waals surface area contributed by atoms with Crippen LogP contribution in [0.5, 0.6) is 0 Å². The van der Waals surface area contributed by atoms with Crippen molar-refractivity contribution in [3.63, 3.8) is 0 Å². The number of nitriles is 1. The largest absolute Gasteiger partial charge is 0.351 e. The summed E-state index contributed by atoms with van der Waals surface area (Å²) >= 11 is 5.75. The molecule has 0 aromatic heterocycles. The normalized spacial score (nSPS) is 21.8. The number of carbonyl (C=O) groups excluding carboxylic acids is 1. The highest BCUT2D eigenvalue weighted by molar-refractivity contribution is 6.30. The number of carbonyl (C=O) groups is 1. The van der Waals surface area contributed by atoms with E-state index in [1.807, 2.05) is 6.07 Å². The van der Waals surface area contributed by atoms with Crippen molar-refractivity contribution in [1.29, 1.82) is 5.26 Å². The summed E-state index contributed by atoms with van der Waals surface area (Å²) in [7, 11) is 0. The van der Waals surface area contributed by atoms with E-state index in [1.165, 1.54) is 12.1 Å². The third-order valence-corrected chi connectivity index (χ3v) is 4.28. The van der Waals surface area contributed by atoms with Gasteiger partial charge in [0, 0.05) is 18.6 Å². The van der Waals surface area contributed by atoms with E-state index in [0.29, 0.717) is 0 Å². The molecule has 1 heterocycles. The number of benzene rings is 1. The summed E-state index contributed by atoms with van der Waals surface area (Å²) in [5.74, 6) is -0.755. The fourth-order valence-electron chi connectivity index (χ4n) is 3.00. The van der Waals surface area contributed by atoms with E-state index in [1.54, 1.807) is 6.07 Å². The zero-order chi connectivity index (χ0) is 16.3. The molecule has 0 saturated carbocycles. The Labute approximate surface area is 134 Å². The van der Waals surface area contributed by atoms with Gasteiger partial charge in [-0.1, -0.05) is 17.7 Å². The maximum absolute atomic E-state index is 13.8. The minimum Gasteiger partial charge on any atom is -0.351 e. The quantitative estimate of drug-likeness (QED) is 0.926. The monoisotopic (exact) mass is 323 g/mol. The summed E-state index contributed by atoms with van der Waals surface area (Å²) < 4.78 is 13.8. The molecule has 1 aromatic rings. The maximum Gasteiger partial charge on any atom is 0.234 e. The van der Waals surface area contributed by atoms with Crippen molar-refractivity contribution in [2.75, 3.05) is 6.54 Å². The summed E-state index contributed by atoms with van der Waals surface area (Å²) in [6.07, 6.45) is 0.601. The second kappa shape index (κ2) is 7.08. The molecule has 1 amide bonds. The smallest absolute Gasteiger partial charge is 0.234 e. The fraction of sp³-hybridized carbons (Fsp3) is 0.500. The topological polar surface area (TPSA) is 56.1 Å². The first kappa shape index (κ1) is 16.7. The van der Waals surface area contributed by atoms with Crippen molar-refractivity contribution < 1.29 is 9.18 Å². The Morgan fingerprint density at radius 3 is 2.91 bits per heavy atom. The predicted octanol–water partition coefficient (Wildman–Crippen LogP) is 3.03. The van der Waals surface area contributed by atoms with Crippen LogP contribution in [-0.4, -0.2) is 29.4 Å². The van der Waals surface area contributed by atoms with E-state index >= 15 is 0 Å².